The topological polar surface area (TPSA) is 83.2 Å². The molecule has 0 aliphatic rings. The molecule has 3 N–H and O–H groups in total. The number of esters is 1. The first-order chi connectivity index (χ1) is 13.1. The van der Waals surface area contributed by atoms with Crippen molar-refractivity contribution in [1.82, 2.24) is 10.4 Å². The van der Waals surface area contributed by atoms with E-state index in [9.17, 15) is 9.59 Å². The highest BCUT2D eigenvalue weighted by Gasteiger charge is 2.18. The number of aromatic amines is 1. The fourth-order valence-corrected chi connectivity index (χ4v) is 2.61. The summed E-state index contributed by atoms with van der Waals surface area (Å²) in [7, 11) is 0. The van der Waals surface area contributed by atoms with Crippen molar-refractivity contribution in [2.24, 2.45) is 0 Å². The Morgan fingerprint density at radius 2 is 1.78 bits per heavy atom. The maximum atomic E-state index is 12.3. The number of hydrogen-bond acceptors (Lipinski definition) is 4. The summed E-state index contributed by atoms with van der Waals surface area (Å²) in [5.74, 6) is -0.485. The monoisotopic (exact) mass is 383 g/mol. The second-order valence-electron chi connectivity index (χ2n) is 5.64. The van der Waals surface area contributed by atoms with Crippen LogP contribution in [0.15, 0.2) is 60.7 Å². The summed E-state index contributed by atoms with van der Waals surface area (Å²) in [6, 6.07) is 17.6. The molecule has 0 atom stereocenters. The van der Waals surface area contributed by atoms with Crippen molar-refractivity contribution in [2.75, 3.05) is 12.0 Å². The third kappa shape index (κ3) is 4.48. The Bertz CT molecular complexity index is 937. The smallest absolute Gasteiger partial charge is 0.341 e. The molecule has 0 radical (unpaired) electrons. The molecule has 0 saturated carbocycles. The van der Waals surface area contributed by atoms with Gasteiger partial charge in [0.2, 0.25) is 0 Å². The molecular weight excluding hydrogens is 366 g/mol. The molecule has 138 valence electrons. The molecule has 1 heterocycles. The van der Waals surface area contributed by atoms with Crippen LogP contribution in [0.1, 0.15) is 27.6 Å². The van der Waals surface area contributed by atoms with E-state index >= 15 is 0 Å². The van der Waals surface area contributed by atoms with Crippen molar-refractivity contribution >= 4 is 29.3 Å². The maximum Gasteiger partial charge on any atom is 0.341 e. The van der Waals surface area contributed by atoms with Crippen LogP contribution in [0, 0.1) is 0 Å². The molecule has 1 amide bonds. The van der Waals surface area contributed by atoms with Gasteiger partial charge >= 0.3 is 5.97 Å². The molecule has 3 rings (SSSR count). The predicted molar refractivity (Wildman–Crippen MR) is 105 cm³/mol. The number of rotatable bonds is 6. The average molecular weight is 384 g/mol. The number of carbonyl (C=O) groups excluding carboxylic acids is 2. The first-order valence-corrected chi connectivity index (χ1v) is 8.73. The summed E-state index contributed by atoms with van der Waals surface area (Å²) in [6.07, 6.45) is 0. The number of carbonyl (C=O) groups is 2. The molecular formula is C20H18ClN3O3. The van der Waals surface area contributed by atoms with Crippen LogP contribution >= 0.6 is 11.6 Å². The molecule has 2 aromatic carbocycles. The van der Waals surface area contributed by atoms with E-state index < -0.39 is 5.97 Å². The summed E-state index contributed by atoms with van der Waals surface area (Å²) in [5.41, 5.74) is 7.65. The molecule has 1 aromatic heterocycles. The van der Waals surface area contributed by atoms with Gasteiger partial charge in [-0.2, -0.15) is 0 Å². The van der Waals surface area contributed by atoms with E-state index in [2.05, 4.69) is 15.8 Å². The molecule has 0 unspecified atom stereocenters. The first kappa shape index (κ1) is 18.5. The van der Waals surface area contributed by atoms with Gasteiger partial charge in [-0.05, 0) is 42.8 Å². The largest absolute Gasteiger partial charge is 0.462 e. The number of aromatic nitrogens is 1. The molecule has 0 saturated heterocycles. The lowest BCUT2D eigenvalue weighted by molar-refractivity contribution is 0.0527. The molecule has 27 heavy (non-hydrogen) atoms. The number of anilines is 1. The van der Waals surface area contributed by atoms with Crippen molar-refractivity contribution in [1.29, 1.82) is 0 Å². The highest BCUT2D eigenvalue weighted by Crippen LogP contribution is 2.26. The van der Waals surface area contributed by atoms with E-state index in [1.165, 1.54) is 0 Å². The number of hydrazine groups is 1. The third-order valence-corrected chi connectivity index (χ3v) is 4.06. The number of halogens is 1. The lowest BCUT2D eigenvalue weighted by Crippen LogP contribution is -2.30. The number of nitrogens with one attached hydrogen (secondary N) is 3. The van der Waals surface area contributed by atoms with Gasteiger partial charge in [0.15, 0.2) is 0 Å². The fourth-order valence-electron chi connectivity index (χ4n) is 2.49. The van der Waals surface area contributed by atoms with Gasteiger partial charge in [-0.1, -0.05) is 41.9 Å². The van der Waals surface area contributed by atoms with Crippen molar-refractivity contribution in [3.8, 4) is 11.3 Å². The second-order valence-corrected chi connectivity index (χ2v) is 6.08. The molecule has 0 aliphatic carbocycles. The van der Waals surface area contributed by atoms with Crippen LogP contribution in [-0.2, 0) is 4.74 Å². The minimum absolute atomic E-state index is 0.246. The summed E-state index contributed by atoms with van der Waals surface area (Å²) in [6.45, 7) is 1.98. The minimum Gasteiger partial charge on any atom is -0.462 e. The summed E-state index contributed by atoms with van der Waals surface area (Å²) in [5, 5.41) is 0.615. The predicted octanol–water partition coefficient (Wildman–Crippen LogP) is 4.27. The zero-order valence-electron chi connectivity index (χ0n) is 14.6. The van der Waals surface area contributed by atoms with Gasteiger partial charge in [0, 0.05) is 16.3 Å². The fraction of sp³-hybridized carbons (Fsp3) is 0.100. The number of ether oxygens (including phenoxy) is 1. The number of hydrogen-bond donors (Lipinski definition) is 3. The molecule has 0 spiro atoms. The van der Waals surface area contributed by atoms with Crippen LogP contribution < -0.4 is 10.9 Å². The van der Waals surface area contributed by atoms with Gasteiger partial charge in [0.05, 0.1) is 6.61 Å². The van der Waals surface area contributed by atoms with Crippen LogP contribution in [0.3, 0.4) is 0 Å². The third-order valence-electron chi connectivity index (χ3n) is 3.81. The summed E-state index contributed by atoms with van der Waals surface area (Å²) < 4.78 is 5.10. The van der Waals surface area contributed by atoms with Crippen LogP contribution in [0.4, 0.5) is 5.82 Å². The van der Waals surface area contributed by atoms with Gasteiger partial charge < -0.3 is 9.72 Å². The normalized spacial score (nSPS) is 10.3. The zero-order valence-corrected chi connectivity index (χ0v) is 15.3. The van der Waals surface area contributed by atoms with Gasteiger partial charge in [-0.25, -0.2) is 4.79 Å². The Hall–Kier alpha value is -3.25. The number of H-pyrrole nitrogens is 1. The second kappa shape index (κ2) is 8.42. The molecule has 6 nitrogen and oxygen atoms in total. The SMILES string of the molecule is CCOC(=O)c1cc(-c2ccc(Cl)cc2)[nH]c1NNC(=O)c1ccccc1. The maximum absolute atomic E-state index is 12.3. The molecule has 7 heteroatoms. The Labute approximate surface area is 161 Å². The quantitative estimate of drug-likeness (QED) is 0.438. The van der Waals surface area contributed by atoms with Crippen LogP contribution in [0.5, 0.6) is 0 Å². The molecule has 0 aliphatic heterocycles. The summed E-state index contributed by atoms with van der Waals surface area (Å²) >= 11 is 5.93. The van der Waals surface area contributed by atoms with Gasteiger partial charge in [-0.15, -0.1) is 0 Å². The van der Waals surface area contributed by atoms with Crippen molar-refractivity contribution in [3.05, 3.63) is 76.8 Å². The molecule has 0 bridgehead atoms. The number of amides is 1. The van der Waals surface area contributed by atoms with Gasteiger partial charge in [-0.3, -0.25) is 15.6 Å². The van der Waals surface area contributed by atoms with Crippen molar-refractivity contribution < 1.29 is 14.3 Å². The van der Waals surface area contributed by atoms with Gasteiger partial charge in [0.1, 0.15) is 11.4 Å². The van der Waals surface area contributed by atoms with E-state index in [-0.39, 0.29) is 18.1 Å². The van der Waals surface area contributed by atoms with Gasteiger partial charge in [0.25, 0.3) is 5.91 Å². The van der Waals surface area contributed by atoms with E-state index in [1.54, 1.807) is 49.4 Å². The lowest BCUT2D eigenvalue weighted by Gasteiger charge is -2.09. The Morgan fingerprint density at radius 1 is 1.07 bits per heavy atom. The lowest BCUT2D eigenvalue weighted by atomic mass is 10.1. The van der Waals surface area contributed by atoms with E-state index in [4.69, 9.17) is 16.3 Å². The average Bonchev–Trinajstić information content (AvgIpc) is 3.12. The Balaban J connectivity index is 1.84. The van der Waals surface area contributed by atoms with Crippen molar-refractivity contribution in [2.45, 2.75) is 6.92 Å². The Kier molecular flexibility index (Phi) is 5.78. The van der Waals surface area contributed by atoms with E-state index in [0.29, 0.717) is 22.1 Å². The van der Waals surface area contributed by atoms with Crippen LogP contribution in [-0.4, -0.2) is 23.5 Å². The highest BCUT2D eigenvalue weighted by molar-refractivity contribution is 6.30. The van der Waals surface area contributed by atoms with E-state index in [0.717, 1.165) is 5.56 Å². The van der Waals surface area contributed by atoms with Crippen LogP contribution in [0.25, 0.3) is 11.3 Å². The van der Waals surface area contributed by atoms with Crippen LogP contribution in [0.2, 0.25) is 5.02 Å². The highest BCUT2D eigenvalue weighted by atomic mass is 35.5. The van der Waals surface area contributed by atoms with Crippen molar-refractivity contribution in [3.63, 3.8) is 0 Å². The first-order valence-electron chi connectivity index (χ1n) is 8.36. The molecule has 0 fully saturated rings. The number of benzene rings is 2. The Morgan fingerprint density at radius 3 is 2.44 bits per heavy atom. The zero-order chi connectivity index (χ0) is 19.2. The molecule has 3 aromatic rings. The van der Waals surface area contributed by atoms with E-state index in [1.807, 2.05) is 18.2 Å². The standard InChI is InChI=1S/C20H18ClN3O3/c1-2-27-20(26)16-12-17(13-8-10-15(21)11-9-13)22-18(16)23-24-19(25)14-6-4-3-5-7-14/h3-12,22-23H,2H2,1H3,(H,24,25). The summed E-state index contributed by atoms with van der Waals surface area (Å²) in [4.78, 5) is 27.6. The minimum atomic E-state index is -0.495.